The van der Waals surface area contributed by atoms with Gasteiger partial charge < -0.3 is 15.4 Å². The van der Waals surface area contributed by atoms with Gasteiger partial charge in [-0.25, -0.2) is 4.39 Å². The minimum atomic E-state index is -0.519. The van der Waals surface area contributed by atoms with E-state index in [1.165, 1.54) is 11.0 Å². The number of benzene rings is 1. The second-order valence-corrected chi connectivity index (χ2v) is 4.97. The summed E-state index contributed by atoms with van der Waals surface area (Å²) in [5.74, 6) is -0.875. The third kappa shape index (κ3) is 3.08. The predicted octanol–water partition coefficient (Wildman–Crippen LogP) is 1.26. The van der Waals surface area contributed by atoms with Gasteiger partial charge in [0.05, 0.1) is 18.7 Å². The van der Waals surface area contributed by atoms with Gasteiger partial charge in [-0.05, 0) is 19.1 Å². The third-order valence-electron chi connectivity index (χ3n) is 3.02. The minimum Gasteiger partial charge on any atom is -0.391 e. The number of nitrogens with two attached hydrogens (primary N) is 1. The fourth-order valence-corrected chi connectivity index (χ4v) is 2.12. The molecule has 1 atom stereocenters. The van der Waals surface area contributed by atoms with E-state index in [-0.39, 0.29) is 23.0 Å². The fourth-order valence-electron chi connectivity index (χ4n) is 1.98. The minimum absolute atomic E-state index is 0.0728. The SMILES string of the molecule is Cc1ccc(F)c(C(=O)N2CCOC(C(N)=S)C2)c1. The van der Waals surface area contributed by atoms with Crippen LogP contribution >= 0.6 is 12.2 Å². The first-order valence-electron chi connectivity index (χ1n) is 5.95. The van der Waals surface area contributed by atoms with E-state index in [1.54, 1.807) is 12.1 Å². The Labute approximate surface area is 116 Å². The largest absolute Gasteiger partial charge is 0.391 e. The fraction of sp³-hybridized carbons (Fsp3) is 0.385. The zero-order valence-electron chi connectivity index (χ0n) is 10.6. The molecule has 0 spiro atoms. The van der Waals surface area contributed by atoms with Crippen molar-refractivity contribution in [2.24, 2.45) is 5.73 Å². The molecule has 4 nitrogen and oxygen atoms in total. The number of halogens is 1. The summed E-state index contributed by atoms with van der Waals surface area (Å²) in [5.41, 5.74) is 6.43. The molecular weight excluding hydrogens is 267 g/mol. The summed E-state index contributed by atoms with van der Waals surface area (Å²) in [4.78, 5) is 14.0. The van der Waals surface area contributed by atoms with Crippen molar-refractivity contribution in [3.05, 3.63) is 35.1 Å². The molecule has 1 amide bonds. The molecule has 2 rings (SSSR count). The molecule has 1 aliphatic heterocycles. The maximum atomic E-state index is 13.7. The Morgan fingerprint density at radius 2 is 2.32 bits per heavy atom. The number of hydrogen-bond donors (Lipinski definition) is 1. The Kier molecular flexibility index (Phi) is 4.11. The van der Waals surface area contributed by atoms with Crippen molar-refractivity contribution in [2.45, 2.75) is 13.0 Å². The number of carbonyl (C=O) groups excluding carboxylic acids is 1. The third-order valence-corrected chi connectivity index (χ3v) is 3.29. The van der Waals surface area contributed by atoms with Gasteiger partial charge in [0.25, 0.3) is 5.91 Å². The number of aryl methyl sites for hydroxylation is 1. The summed E-state index contributed by atoms with van der Waals surface area (Å²) in [6, 6.07) is 4.47. The molecule has 0 saturated carbocycles. The zero-order valence-corrected chi connectivity index (χ0v) is 11.4. The molecule has 0 aromatic heterocycles. The van der Waals surface area contributed by atoms with Gasteiger partial charge in [0.1, 0.15) is 16.9 Å². The van der Waals surface area contributed by atoms with Crippen LogP contribution in [0.1, 0.15) is 15.9 Å². The van der Waals surface area contributed by atoms with E-state index in [9.17, 15) is 9.18 Å². The summed E-state index contributed by atoms with van der Waals surface area (Å²) in [6.07, 6.45) is -0.458. The van der Waals surface area contributed by atoms with Crippen LogP contribution in [0.5, 0.6) is 0 Å². The number of amides is 1. The Morgan fingerprint density at radius 1 is 1.58 bits per heavy atom. The van der Waals surface area contributed by atoms with Gasteiger partial charge in [-0.15, -0.1) is 0 Å². The number of ether oxygens (including phenoxy) is 1. The van der Waals surface area contributed by atoms with Gasteiger partial charge in [-0.3, -0.25) is 4.79 Å². The van der Waals surface area contributed by atoms with Crippen molar-refractivity contribution in [1.82, 2.24) is 4.90 Å². The molecule has 6 heteroatoms. The molecule has 2 N–H and O–H groups in total. The number of carbonyl (C=O) groups is 1. The van der Waals surface area contributed by atoms with Crippen molar-refractivity contribution in [1.29, 1.82) is 0 Å². The number of rotatable bonds is 2. The normalized spacial score (nSPS) is 19.3. The molecule has 0 radical (unpaired) electrons. The van der Waals surface area contributed by atoms with Crippen molar-refractivity contribution in [3.8, 4) is 0 Å². The molecule has 1 heterocycles. The summed E-state index contributed by atoms with van der Waals surface area (Å²) in [6.45, 7) is 2.83. The van der Waals surface area contributed by atoms with Gasteiger partial charge in [0.2, 0.25) is 0 Å². The van der Waals surface area contributed by atoms with Crippen LogP contribution in [-0.4, -0.2) is 41.6 Å². The molecule has 102 valence electrons. The highest BCUT2D eigenvalue weighted by Gasteiger charge is 2.27. The predicted molar refractivity (Wildman–Crippen MR) is 73.6 cm³/mol. The highest BCUT2D eigenvalue weighted by Crippen LogP contribution is 2.15. The first-order chi connectivity index (χ1) is 8.99. The second-order valence-electron chi connectivity index (χ2n) is 4.50. The second kappa shape index (κ2) is 5.63. The summed E-state index contributed by atoms with van der Waals surface area (Å²) in [5, 5.41) is 0. The Hall–Kier alpha value is -1.53. The van der Waals surface area contributed by atoms with Crippen molar-refractivity contribution in [2.75, 3.05) is 19.7 Å². The van der Waals surface area contributed by atoms with Gasteiger partial charge in [0.15, 0.2) is 0 Å². The quantitative estimate of drug-likeness (QED) is 0.830. The number of nitrogens with zero attached hydrogens (tertiary/aromatic N) is 1. The average molecular weight is 282 g/mol. The Balaban J connectivity index is 2.19. The average Bonchev–Trinajstić information content (AvgIpc) is 2.41. The number of thiocarbonyl (C=S) groups is 1. The van der Waals surface area contributed by atoms with E-state index in [2.05, 4.69) is 0 Å². The van der Waals surface area contributed by atoms with Gasteiger partial charge in [-0.2, -0.15) is 0 Å². The molecule has 1 fully saturated rings. The summed E-state index contributed by atoms with van der Waals surface area (Å²) >= 11 is 4.86. The maximum absolute atomic E-state index is 13.7. The van der Waals surface area contributed by atoms with E-state index in [0.29, 0.717) is 13.2 Å². The Morgan fingerprint density at radius 3 is 3.00 bits per heavy atom. The molecule has 1 saturated heterocycles. The van der Waals surface area contributed by atoms with Gasteiger partial charge in [0, 0.05) is 6.54 Å². The van der Waals surface area contributed by atoms with Crippen LogP contribution in [0.2, 0.25) is 0 Å². The number of hydrogen-bond acceptors (Lipinski definition) is 3. The topological polar surface area (TPSA) is 55.6 Å². The Bertz CT molecular complexity index is 521. The van der Waals surface area contributed by atoms with Crippen molar-refractivity contribution in [3.63, 3.8) is 0 Å². The first-order valence-corrected chi connectivity index (χ1v) is 6.36. The van der Waals surface area contributed by atoms with Gasteiger partial charge in [-0.1, -0.05) is 23.8 Å². The lowest BCUT2D eigenvalue weighted by molar-refractivity contribution is 0.00856. The summed E-state index contributed by atoms with van der Waals surface area (Å²) in [7, 11) is 0. The lowest BCUT2D eigenvalue weighted by Gasteiger charge is -2.32. The molecule has 0 bridgehead atoms. The zero-order chi connectivity index (χ0) is 14.0. The first kappa shape index (κ1) is 13.9. The monoisotopic (exact) mass is 282 g/mol. The van der Waals surface area contributed by atoms with E-state index >= 15 is 0 Å². The highest BCUT2D eigenvalue weighted by molar-refractivity contribution is 7.80. The lowest BCUT2D eigenvalue weighted by atomic mass is 10.1. The maximum Gasteiger partial charge on any atom is 0.257 e. The van der Waals surface area contributed by atoms with Crippen LogP contribution in [0.25, 0.3) is 0 Å². The van der Waals surface area contributed by atoms with Crippen LogP contribution in [0.15, 0.2) is 18.2 Å². The molecule has 1 aliphatic rings. The standard InChI is InChI=1S/C13H15FN2O2S/c1-8-2-3-10(14)9(6-8)13(17)16-4-5-18-11(7-16)12(15)19/h2-3,6,11H,4-5,7H2,1H3,(H2,15,19). The van der Waals surface area contributed by atoms with E-state index in [1.807, 2.05) is 6.92 Å². The molecule has 0 aliphatic carbocycles. The van der Waals surface area contributed by atoms with E-state index in [0.717, 1.165) is 5.56 Å². The smallest absolute Gasteiger partial charge is 0.257 e. The highest BCUT2D eigenvalue weighted by atomic mass is 32.1. The molecule has 1 unspecified atom stereocenters. The van der Waals surface area contributed by atoms with Crippen molar-refractivity contribution >= 4 is 23.1 Å². The van der Waals surface area contributed by atoms with Crippen LogP contribution in [0.4, 0.5) is 4.39 Å². The number of morpholine rings is 1. The lowest BCUT2D eigenvalue weighted by Crippen LogP contribution is -2.50. The molecular formula is C13H15FN2O2S. The van der Waals surface area contributed by atoms with E-state index in [4.69, 9.17) is 22.7 Å². The molecule has 1 aromatic rings. The van der Waals surface area contributed by atoms with Gasteiger partial charge >= 0.3 is 0 Å². The van der Waals surface area contributed by atoms with Crippen LogP contribution < -0.4 is 5.73 Å². The summed E-state index contributed by atoms with van der Waals surface area (Å²) < 4.78 is 19.1. The van der Waals surface area contributed by atoms with E-state index < -0.39 is 11.9 Å². The van der Waals surface area contributed by atoms with Crippen LogP contribution in [0, 0.1) is 12.7 Å². The van der Waals surface area contributed by atoms with Crippen LogP contribution in [0.3, 0.4) is 0 Å². The van der Waals surface area contributed by atoms with Crippen LogP contribution in [-0.2, 0) is 4.74 Å². The molecule has 1 aromatic carbocycles. The van der Waals surface area contributed by atoms with Crippen molar-refractivity contribution < 1.29 is 13.9 Å². The molecule has 19 heavy (non-hydrogen) atoms.